The Hall–Kier alpha value is -1.00. The number of cyclic esters (lactones) is 1. The molecule has 2 aliphatic heterocycles. The van der Waals surface area contributed by atoms with Crippen molar-refractivity contribution < 1.29 is 9.53 Å². The van der Waals surface area contributed by atoms with E-state index in [9.17, 15) is 4.79 Å². The minimum atomic E-state index is -0.0542. The lowest BCUT2D eigenvalue weighted by Crippen LogP contribution is -2.29. The normalized spacial score (nSPS) is 28.2. The molecular formula is C13H15NO2S. The van der Waals surface area contributed by atoms with Crippen LogP contribution in [0.5, 0.6) is 0 Å². The Labute approximate surface area is 105 Å². The van der Waals surface area contributed by atoms with Crippen LogP contribution in [0.2, 0.25) is 0 Å². The molecule has 1 aromatic rings. The lowest BCUT2D eigenvalue weighted by atomic mass is 9.94. The quantitative estimate of drug-likeness (QED) is 0.463. The highest BCUT2D eigenvalue weighted by atomic mass is 32.2. The molecule has 0 radical (unpaired) electrons. The van der Waals surface area contributed by atoms with Crippen molar-refractivity contribution in [3.63, 3.8) is 0 Å². The van der Waals surface area contributed by atoms with Crippen LogP contribution in [0.25, 0.3) is 0 Å². The van der Waals surface area contributed by atoms with Gasteiger partial charge in [0.25, 0.3) is 0 Å². The summed E-state index contributed by atoms with van der Waals surface area (Å²) in [5, 5.41) is 0. The van der Waals surface area contributed by atoms with Crippen LogP contribution < -0.4 is 0 Å². The van der Waals surface area contributed by atoms with Crippen molar-refractivity contribution in [2.24, 2.45) is 0 Å². The van der Waals surface area contributed by atoms with E-state index >= 15 is 0 Å². The van der Waals surface area contributed by atoms with E-state index in [1.165, 1.54) is 10.5 Å². The third-order valence-corrected chi connectivity index (χ3v) is 4.19. The first-order valence-electron chi connectivity index (χ1n) is 5.84. The molecule has 0 N–H and O–H groups in total. The maximum absolute atomic E-state index is 11.7. The van der Waals surface area contributed by atoms with Crippen molar-refractivity contribution in [2.75, 3.05) is 26.0 Å². The van der Waals surface area contributed by atoms with Crippen LogP contribution in [-0.4, -0.2) is 42.9 Å². The molecule has 2 aliphatic rings. The second kappa shape index (κ2) is 4.35. The fourth-order valence-corrected chi connectivity index (χ4v) is 2.79. The summed E-state index contributed by atoms with van der Waals surface area (Å²) in [6, 6.07) is 8.42. The molecule has 0 amide bonds. The third kappa shape index (κ3) is 2.07. The molecule has 3 nitrogen and oxygen atoms in total. The fourth-order valence-electron chi connectivity index (χ4n) is 2.38. The number of benzene rings is 1. The second-order valence-corrected chi connectivity index (χ2v) is 5.37. The minimum Gasteiger partial charge on any atom is -0.464 e. The summed E-state index contributed by atoms with van der Waals surface area (Å²) < 4.78 is 5.20. The van der Waals surface area contributed by atoms with Gasteiger partial charge in [-0.2, -0.15) is 0 Å². The van der Waals surface area contributed by atoms with E-state index in [1.54, 1.807) is 11.8 Å². The standard InChI is InChI=1S/C13H15NO2S/c1-17-10-4-2-9(3-5-10)11-8-16-13(15)12(11)14-6-7-14/h2-5,11-12H,6-8H2,1H3. The predicted octanol–water partition coefficient (Wildman–Crippen LogP) is 1.73. The number of rotatable bonds is 3. The van der Waals surface area contributed by atoms with Crippen molar-refractivity contribution in [1.29, 1.82) is 0 Å². The van der Waals surface area contributed by atoms with Crippen molar-refractivity contribution in [3.8, 4) is 0 Å². The van der Waals surface area contributed by atoms with Gasteiger partial charge in [-0.1, -0.05) is 12.1 Å². The van der Waals surface area contributed by atoms with E-state index in [-0.39, 0.29) is 17.9 Å². The van der Waals surface area contributed by atoms with Gasteiger partial charge in [-0.25, -0.2) is 0 Å². The van der Waals surface area contributed by atoms with E-state index < -0.39 is 0 Å². The second-order valence-electron chi connectivity index (χ2n) is 4.49. The average molecular weight is 249 g/mol. The van der Waals surface area contributed by atoms with Gasteiger partial charge in [-0.15, -0.1) is 11.8 Å². The number of carbonyl (C=O) groups excluding carboxylic acids is 1. The van der Waals surface area contributed by atoms with Crippen LogP contribution in [0, 0.1) is 0 Å². The Morgan fingerprint density at radius 3 is 2.59 bits per heavy atom. The molecule has 2 saturated heterocycles. The van der Waals surface area contributed by atoms with Crippen molar-refractivity contribution in [1.82, 2.24) is 4.90 Å². The average Bonchev–Trinajstić information content (AvgIpc) is 3.13. The first-order valence-corrected chi connectivity index (χ1v) is 7.06. The van der Waals surface area contributed by atoms with Gasteiger partial charge < -0.3 is 4.74 Å². The minimum absolute atomic E-state index is 0.0462. The number of ether oxygens (including phenoxy) is 1. The predicted molar refractivity (Wildman–Crippen MR) is 67.3 cm³/mol. The smallest absolute Gasteiger partial charge is 0.324 e. The Morgan fingerprint density at radius 2 is 2.00 bits per heavy atom. The van der Waals surface area contributed by atoms with Crippen LogP contribution in [-0.2, 0) is 9.53 Å². The largest absolute Gasteiger partial charge is 0.464 e. The first-order chi connectivity index (χ1) is 8.29. The summed E-state index contributed by atoms with van der Waals surface area (Å²) >= 11 is 1.73. The molecule has 2 atom stereocenters. The van der Waals surface area contributed by atoms with Gasteiger partial charge in [0.05, 0.1) is 0 Å². The van der Waals surface area contributed by atoms with Crippen molar-refractivity contribution >= 4 is 17.7 Å². The maximum Gasteiger partial charge on any atom is 0.324 e. The molecule has 3 rings (SSSR count). The van der Waals surface area contributed by atoms with Gasteiger partial charge in [-0.05, 0) is 24.0 Å². The lowest BCUT2D eigenvalue weighted by Gasteiger charge is -2.16. The summed E-state index contributed by atoms with van der Waals surface area (Å²) in [4.78, 5) is 15.1. The summed E-state index contributed by atoms with van der Waals surface area (Å²) in [6.45, 7) is 2.58. The van der Waals surface area contributed by atoms with E-state index in [1.807, 2.05) is 0 Å². The zero-order valence-electron chi connectivity index (χ0n) is 9.76. The molecule has 0 aromatic heterocycles. The first kappa shape index (κ1) is 11.1. The summed E-state index contributed by atoms with van der Waals surface area (Å²) in [5.74, 6) is 0.155. The molecule has 4 heteroatoms. The maximum atomic E-state index is 11.7. The lowest BCUT2D eigenvalue weighted by molar-refractivity contribution is -0.140. The van der Waals surface area contributed by atoms with Crippen molar-refractivity contribution in [2.45, 2.75) is 16.9 Å². The number of thioether (sulfide) groups is 1. The van der Waals surface area contributed by atoms with Crippen LogP contribution in [0.1, 0.15) is 11.5 Å². The number of hydrogen-bond acceptors (Lipinski definition) is 4. The SMILES string of the molecule is CSc1ccc(C2COC(=O)C2N2CC2)cc1. The number of esters is 1. The van der Waals surface area contributed by atoms with Crippen LogP contribution >= 0.6 is 11.8 Å². The number of hydrogen-bond donors (Lipinski definition) is 0. The van der Waals surface area contributed by atoms with Gasteiger partial charge >= 0.3 is 5.97 Å². The van der Waals surface area contributed by atoms with Crippen LogP contribution in [0.4, 0.5) is 0 Å². The highest BCUT2D eigenvalue weighted by Crippen LogP contribution is 2.33. The molecule has 2 fully saturated rings. The molecule has 1 aromatic carbocycles. The molecule has 0 bridgehead atoms. The highest BCUT2D eigenvalue weighted by molar-refractivity contribution is 7.98. The summed E-state index contributed by atoms with van der Waals surface area (Å²) in [5.41, 5.74) is 1.21. The Morgan fingerprint density at radius 1 is 1.29 bits per heavy atom. The molecule has 2 heterocycles. The zero-order valence-corrected chi connectivity index (χ0v) is 10.6. The molecule has 0 spiro atoms. The van der Waals surface area contributed by atoms with Crippen LogP contribution in [0.15, 0.2) is 29.2 Å². The monoisotopic (exact) mass is 249 g/mol. The Balaban J connectivity index is 1.84. The molecule has 2 unspecified atom stereocenters. The van der Waals surface area contributed by atoms with E-state index in [2.05, 4.69) is 35.4 Å². The van der Waals surface area contributed by atoms with Gasteiger partial charge in [0.2, 0.25) is 0 Å². The molecule has 0 saturated carbocycles. The van der Waals surface area contributed by atoms with Gasteiger partial charge in [0.15, 0.2) is 0 Å². The summed E-state index contributed by atoms with van der Waals surface area (Å²) in [7, 11) is 0. The van der Waals surface area contributed by atoms with Gasteiger partial charge in [0, 0.05) is 23.9 Å². The zero-order chi connectivity index (χ0) is 11.8. The van der Waals surface area contributed by atoms with E-state index in [0.29, 0.717) is 6.61 Å². The Kier molecular flexibility index (Phi) is 2.84. The molecular weight excluding hydrogens is 234 g/mol. The highest BCUT2D eigenvalue weighted by Gasteiger charge is 2.45. The van der Waals surface area contributed by atoms with Gasteiger partial charge in [-0.3, -0.25) is 9.69 Å². The molecule has 0 aliphatic carbocycles. The van der Waals surface area contributed by atoms with E-state index in [4.69, 9.17) is 4.74 Å². The number of carbonyl (C=O) groups is 1. The van der Waals surface area contributed by atoms with Gasteiger partial charge in [0.1, 0.15) is 12.6 Å². The summed E-state index contributed by atoms with van der Waals surface area (Å²) in [6.07, 6.45) is 2.07. The Bertz CT molecular complexity index is 428. The third-order valence-electron chi connectivity index (χ3n) is 3.45. The van der Waals surface area contributed by atoms with E-state index in [0.717, 1.165) is 13.1 Å². The van der Waals surface area contributed by atoms with Crippen molar-refractivity contribution in [3.05, 3.63) is 29.8 Å². The topological polar surface area (TPSA) is 29.3 Å². The molecule has 17 heavy (non-hydrogen) atoms. The fraction of sp³-hybridized carbons (Fsp3) is 0.462. The number of nitrogens with zero attached hydrogens (tertiary/aromatic N) is 1. The molecule has 90 valence electrons. The van der Waals surface area contributed by atoms with Crippen LogP contribution in [0.3, 0.4) is 0 Å².